The van der Waals surface area contributed by atoms with Crippen molar-refractivity contribution in [3.05, 3.63) is 46.5 Å². The number of Topliss-reactive ketones (excluding diaryl/α,β-unsaturated/α-hetero) is 1. The first kappa shape index (κ1) is 12.3. The van der Waals surface area contributed by atoms with Crippen molar-refractivity contribution in [3.8, 4) is 0 Å². The van der Waals surface area contributed by atoms with Gasteiger partial charge in [0.1, 0.15) is 5.78 Å². The van der Waals surface area contributed by atoms with Crippen molar-refractivity contribution in [1.82, 2.24) is 0 Å². The number of rotatable bonds is 4. The summed E-state index contributed by atoms with van der Waals surface area (Å²) in [6, 6.07) is 5.24. The monoisotopic (exact) mass is 242 g/mol. The Morgan fingerprint density at radius 1 is 1.47 bits per heavy atom. The van der Waals surface area contributed by atoms with Crippen molar-refractivity contribution in [2.45, 2.75) is 19.3 Å². The number of ketones is 1. The van der Waals surface area contributed by atoms with Gasteiger partial charge < -0.3 is 0 Å². The van der Waals surface area contributed by atoms with Crippen LogP contribution in [0.3, 0.4) is 0 Å². The molecule has 0 unspecified atom stereocenters. The second-order valence-corrected chi connectivity index (χ2v) is 4.13. The number of benzene rings is 1. The molecule has 1 aromatic rings. The second kappa shape index (κ2) is 5.34. The van der Waals surface area contributed by atoms with Gasteiger partial charge in [-0.2, -0.15) is 0 Å². The first-order valence-electron chi connectivity index (χ1n) is 4.65. The van der Waals surface area contributed by atoms with Crippen molar-refractivity contribution >= 4 is 29.0 Å². The first-order chi connectivity index (χ1) is 7.07. The Hall–Kier alpha value is -0.790. The molecule has 0 radical (unpaired) electrons. The van der Waals surface area contributed by atoms with E-state index in [1.165, 1.54) is 0 Å². The van der Waals surface area contributed by atoms with E-state index in [1.54, 1.807) is 31.2 Å². The number of halogens is 2. The molecule has 0 aliphatic heterocycles. The highest BCUT2D eigenvalue weighted by Gasteiger charge is 2.19. The molecule has 0 bridgehead atoms. The quantitative estimate of drug-likeness (QED) is 0.722. The molecule has 0 amide bonds. The molecule has 0 fully saturated rings. The molecule has 1 nitrogen and oxygen atoms in total. The fourth-order valence-electron chi connectivity index (χ4n) is 1.40. The summed E-state index contributed by atoms with van der Waals surface area (Å²) in [6.07, 6.45) is 1.92. The summed E-state index contributed by atoms with van der Waals surface area (Å²) in [5.74, 6) is -0.218. The van der Waals surface area contributed by atoms with Crippen LogP contribution in [0.15, 0.2) is 30.9 Å². The van der Waals surface area contributed by atoms with Crippen molar-refractivity contribution in [1.29, 1.82) is 0 Å². The highest BCUT2D eigenvalue weighted by atomic mass is 35.5. The SMILES string of the molecule is C=CCC(=O)[C@H](C)c1c(Cl)cccc1Cl. The Bertz CT molecular complexity index is 365. The van der Waals surface area contributed by atoms with Gasteiger partial charge in [0, 0.05) is 22.4 Å². The van der Waals surface area contributed by atoms with Crippen LogP contribution in [0.4, 0.5) is 0 Å². The first-order valence-corrected chi connectivity index (χ1v) is 5.41. The lowest BCUT2D eigenvalue weighted by atomic mass is 9.95. The minimum Gasteiger partial charge on any atom is -0.299 e. The number of carbonyl (C=O) groups is 1. The Morgan fingerprint density at radius 2 is 2.00 bits per heavy atom. The lowest BCUT2D eigenvalue weighted by Crippen LogP contribution is -2.08. The van der Waals surface area contributed by atoms with Crippen molar-refractivity contribution in [2.24, 2.45) is 0 Å². The number of allylic oxidation sites excluding steroid dienone is 1. The van der Waals surface area contributed by atoms with Crippen LogP contribution in [0.5, 0.6) is 0 Å². The van der Waals surface area contributed by atoms with Crippen LogP contribution in [0.25, 0.3) is 0 Å². The number of hydrogen-bond acceptors (Lipinski definition) is 1. The largest absolute Gasteiger partial charge is 0.299 e. The number of carbonyl (C=O) groups excluding carboxylic acids is 1. The third-order valence-electron chi connectivity index (χ3n) is 2.26. The van der Waals surface area contributed by atoms with Crippen molar-refractivity contribution in [3.63, 3.8) is 0 Å². The highest BCUT2D eigenvalue weighted by molar-refractivity contribution is 6.36. The molecule has 1 aromatic carbocycles. The van der Waals surface area contributed by atoms with Gasteiger partial charge >= 0.3 is 0 Å². The Kier molecular flexibility index (Phi) is 4.37. The second-order valence-electron chi connectivity index (χ2n) is 3.32. The Labute approximate surface area is 99.7 Å². The maximum Gasteiger partial charge on any atom is 0.143 e. The number of hydrogen-bond donors (Lipinski definition) is 0. The van der Waals surface area contributed by atoms with Gasteiger partial charge in [-0.15, -0.1) is 6.58 Å². The van der Waals surface area contributed by atoms with Crippen LogP contribution in [-0.4, -0.2) is 5.78 Å². The standard InChI is InChI=1S/C12H12Cl2O/c1-3-5-11(15)8(2)12-9(13)6-4-7-10(12)14/h3-4,6-8H,1,5H2,2H3/t8-/m0/s1. The maximum atomic E-state index is 11.7. The molecule has 0 N–H and O–H groups in total. The molecule has 80 valence electrons. The van der Waals surface area contributed by atoms with Gasteiger partial charge in [-0.25, -0.2) is 0 Å². The van der Waals surface area contributed by atoms with Crippen LogP contribution < -0.4 is 0 Å². The lowest BCUT2D eigenvalue weighted by molar-refractivity contribution is -0.119. The minimum atomic E-state index is -0.288. The van der Waals surface area contributed by atoms with Crippen LogP contribution in [-0.2, 0) is 4.79 Å². The zero-order valence-electron chi connectivity index (χ0n) is 8.47. The van der Waals surface area contributed by atoms with Crippen molar-refractivity contribution < 1.29 is 4.79 Å². The summed E-state index contributed by atoms with van der Waals surface area (Å²) < 4.78 is 0. The Morgan fingerprint density at radius 3 is 2.47 bits per heavy atom. The smallest absolute Gasteiger partial charge is 0.143 e. The van der Waals surface area contributed by atoms with E-state index < -0.39 is 0 Å². The fourth-order valence-corrected chi connectivity index (χ4v) is 2.13. The van der Waals surface area contributed by atoms with Crippen molar-refractivity contribution in [2.75, 3.05) is 0 Å². The van der Waals surface area contributed by atoms with Gasteiger partial charge in [0.15, 0.2) is 0 Å². The molecule has 3 heteroatoms. The molecule has 1 rings (SSSR count). The van der Waals surface area contributed by atoms with E-state index in [1.807, 2.05) is 0 Å². The van der Waals surface area contributed by atoms with Crippen LogP contribution >= 0.6 is 23.2 Å². The van der Waals surface area contributed by atoms with Crippen LogP contribution in [0.2, 0.25) is 10.0 Å². The molecule has 0 saturated carbocycles. The van der Waals surface area contributed by atoms with Gasteiger partial charge in [-0.05, 0) is 17.7 Å². The zero-order chi connectivity index (χ0) is 11.4. The highest BCUT2D eigenvalue weighted by Crippen LogP contribution is 2.32. The lowest BCUT2D eigenvalue weighted by Gasteiger charge is -2.13. The van der Waals surface area contributed by atoms with E-state index in [9.17, 15) is 4.79 Å². The maximum absolute atomic E-state index is 11.7. The van der Waals surface area contributed by atoms with Gasteiger partial charge in [0.05, 0.1) is 0 Å². The average Bonchev–Trinajstić information content (AvgIpc) is 2.17. The molecule has 0 aliphatic rings. The van der Waals surface area contributed by atoms with E-state index in [0.717, 1.165) is 0 Å². The van der Waals surface area contributed by atoms with Gasteiger partial charge in [-0.3, -0.25) is 4.79 Å². The van der Waals surface area contributed by atoms with Crippen LogP contribution in [0, 0.1) is 0 Å². The molecule has 15 heavy (non-hydrogen) atoms. The third kappa shape index (κ3) is 2.83. The summed E-state index contributed by atoms with van der Waals surface area (Å²) in [7, 11) is 0. The van der Waals surface area contributed by atoms with Gasteiger partial charge in [0.2, 0.25) is 0 Å². The minimum absolute atomic E-state index is 0.0694. The van der Waals surface area contributed by atoms with Crippen LogP contribution in [0.1, 0.15) is 24.8 Å². The van der Waals surface area contributed by atoms with E-state index in [0.29, 0.717) is 22.0 Å². The summed E-state index contributed by atoms with van der Waals surface area (Å²) in [5.41, 5.74) is 0.702. The third-order valence-corrected chi connectivity index (χ3v) is 2.92. The predicted molar refractivity (Wildman–Crippen MR) is 64.7 cm³/mol. The molecule has 0 aromatic heterocycles. The zero-order valence-corrected chi connectivity index (χ0v) is 9.98. The molecule has 0 heterocycles. The molecular formula is C12H12Cl2O. The van der Waals surface area contributed by atoms with E-state index in [4.69, 9.17) is 23.2 Å². The molecular weight excluding hydrogens is 231 g/mol. The van der Waals surface area contributed by atoms with E-state index >= 15 is 0 Å². The van der Waals surface area contributed by atoms with Gasteiger partial charge in [0.25, 0.3) is 0 Å². The summed E-state index contributed by atoms with van der Waals surface area (Å²) in [6.45, 7) is 5.34. The van der Waals surface area contributed by atoms with E-state index in [-0.39, 0.29) is 11.7 Å². The summed E-state index contributed by atoms with van der Waals surface area (Å²) in [4.78, 5) is 11.7. The topological polar surface area (TPSA) is 17.1 Å². The Balaban J connectivity index is 3.05. The average molecular weight is 243 g/mol. The predicted octanol–water partition coefficient (Wildman–Crippen LogP) is 4.24. The normalized spacial score (nSPS) is 12.2. The molecule has 0 spiro atoms. The molecule has 0 aliphatic carbocycles. The summed E-state index contributed by atoms with van der Waals surface area (Å²) in [5, 5.41) is 1.07. The van der Waals surface area contributed by atoms with Gasteiger partial charge in [-0.1, -0.05) is 42.3 Å². The molecule has 0 saturated heterocycles. The summed E-state index contributed by atoms with van der Waals surface area (Å²) >= 11 is 12.0. The van der Waals surface area contributed by atoms with E-state index in [2.05, 4.69) is 6.58 Å². The fraction of sp³-hybridized carbons (Fsp3) is 0.250. The molecule has 1 atom stereocenters.